The number of hydrogen-bond donors (Lipinski definition) is 0. The maximum atomic E-state index is 9.13. The highest BCUT2D eigenvalue weighted by atomic mass is 31.2. The van der Waals surface area contributed by atoms with Gasteiger partial charge in [-0.2, -0.15) is 5.26 Å². The van der Waals surface area contributed by atoms with Crippen LogP contribution in [0, 0.1) is 11.3 Å². The van der Waals surface area contributed by atoms with E-state index in [1.807, 2.05) is 6.07 Å². The fourth-order valence-corrected chi connectivity index (χ4v) is 8.20. The van der Waals surface area contributed by atoms with Crippen molar-refractivity contribution in [3.8, 4) is 6.07 Å². The van der Waals surface area contributed by atoms with Crippen molar-refractivity contribution in [3.05, 3.63) is 126 Å². The minimum atomic E-state index is -1.90. The van der Waals surface area contributed by atoms with Gasteiger partial charge in [0.2, 0.25) is 0 Å². The van der Waals surface area contributed by atoms with Gasteiger partial charge in [0.05, 0.1) is 18.7 Å². The molecule has 4 aromatic carbocycles. The van der Waals surface area contributed by atoms with E-state index >= 15 is 0 Å². The molecule has 0 aromatic heterocycles. The molecule has 29 heavy (non-hydrogen) atoms. The van der Waals surface area contributed by atoms with E-state index in [2.05, 4.69) is 115 Å². The van der Waals surface area contributed by atoms with Crippen LogP contribution in [0.4, 0.5) is 0 Å². The number of benzene rings is 4. The molecule has 0 radical (unpaired) electrons. The first-order chi connectivity index (χ1) is 14.3. The standard InChI is InChI=1S/C27H23NP/c28-20-19-23-11-10-12-24(21-23)22-29(25-13-4-1-5-14-25,26-15-6-2-7-16-26)27-17-8-3-9-18-27/h1-18,21H,19,22H2/q+1. The lowest BCUT2D eigenvalue weighted by atomic mass is 10.1. The Hall–Kier alpha value is -3.20. The Labute approximate surface area is 173 Å². The lowest BCUT2D eigenvalue weighted by Gasteiger charge is -2.28. The minimum Gasteiger partial charge on any atom is -0.198 e. The van der Waals surface area contributed by atoms with Crippen LogP contribution in [-0.4, -0.2) is 0 Å². The van der Waals surface area contributed by atoms with Crippen molar-refractivity contribution in [2.24, 2.45) is 0 Å². The normalized spacial score (nSPS) is 11.0. The Bertz CT molecular complexity index is 1000. The molecule has 0 saturated heterocycles. The van der Waals surface area contributed by atoms with Gasteiger partial charge < -0.3 is 0 Å². The van der Waals surface area contributed by atoms with E-state index in [4.69, 9.17) is 5.26 Å². The summed E-state index contributed by atoms with van der Waals surface area (Å²) >= 11 is 0. The molecular weight excluding hydrogens is 369 g/mol. The van der Waals surface area contributed by atoms with E-state index in [0.717, 1.165) is 11.7 Å². The van der Waals surface area contributed by atoms with Crippen molar-refractivity contribution in [1.29, 1.82) is 5.26 Å². The largest absolute Gasteiger partial charge is 0.198 e. The highest BCUT2D eigenvalue weighted by Crippen LogP contribution is 2.58. The van der Waals surface area contributed by atoms with Crippen LogP contribution in [0.25, 0.3) is 0 Å². The van der Waals surface area contributed by atoms with E-state index in [0.29, 0.717) is 6.42 Å². The maximum Gasteiger partial charge on any atom is 0.116 e. The van der Waals surface area contributed by atoms with Crippen LogP contribution < -0.4 is 15.9 Å². The lowest BCUT2D eigenvalue weighted by Crippen LogP contribution is -2.32. The van der Waals surface area contributed by atoms with Crippen molar-refractivity contribution in [2.45, 2.75) is 12.6 Å². The van der Waals surface area contributed by atoms with Crippen LogP contribution in [0.2, 0.25) is 0 Å². The van der Waals surface area contributed by atoms with Gasteiger partial charge in [0.15, 0.2) is 0 Å². The lowest BCUT2D eigenvalue weighted by molar-refractivity contribution is 1.23. The third-order valence-corrected chi connectivity index (χ3v) is 9.66. The molecule has 0 fully saturated rings. The summed E-state index contributed by atoms with van der Waals surface area (Å²) in [5.74, 6) is 0. The molecule has 4 aromatic rings. The average Bonchev–Trinajstić information content (AvgIpc) is 2.80. The average molecular weight is 392 g/mol. The molecule has 0 atom stereocenters. The van der Waals surface area contributed by atoms with Gasteiger partial charge in [-0.3, -0.25) is 0 Å². The zero-order valence-corrected chi connectivity index (χ0v) is 17.2. The minimum absolute atomic E-state index is 0.446. The van der Waals surface area contributed by atoms with Gasteiger partial charge in [0.25, 0.3) is 0 Å². The van der Waals surface area contributed by atoms with Gasteiger partial charge in [0.1, 0.15) is 23.2 Å². The summed E-state index contributed by atoms with van der Waals surface area (Å²) in [6, 6.07) is 43.5. The summed E-state index contributed by atoms with van der Waals surface area (Å²) in [6.07, 6.45) is 1.38. The van der Waals surface area contributed by atoms with Crippen LogP contribution in [0.15, 0.2) is 115 Å². The molecule has 0 bridgehead atoms. The van der Waals surface area contributed by atoms with Crippen molar-refractivity contribution >= 4 is 23.2 Å². The molecule has 4 rings (SSSR count). The zero-order chi connectivity index (χ0) is 19.9. The molecule has 0 amide bonds. The first kappa shape index (κ1) is 19.1. The Morgan fingerprint density at radius 1 is 0.552 bits per heavy atom. The summed E-state index contributed by atoms with van der Waals surface area (Å²) in [5, 5.41) is 13.3. The van der Waals surface area contributed by atoms with E-state index < -0.39 is 7.26 Å². The SMILES string of the molecule is N#CCc1cccc(C[P+](c2ccccc2)(c2ccccc2)c2ccccc2)c1. The Morgan fingerprint density at radius 2 is 1.00 bits per heavy atom. The smallest absolute Gasteiger partial charge is 0.116 e. The summed E-state index contributed by atoms with van der Waals surface area (Å²) in [6.45, 7) is 0. The molecule has 0 aliphatic rings. The molecule has 0 aliphatic carbocycles. The Morgan fingerprint density at radius 3 is 1.45 bits per heavy atom. The molecule has 0 heterocycles. The van der Waals surface area contributed by atoms with Gasteiger partial charge >= 0.3 is 0 Å². The monoisotopic (exact) mass is 392 g/mol. The van der Waals surface area contributed by atoms with Crippen molar-refractivity contribution < 1.29 is 0 Å². The quantitative estimate of drug-likeness (QED) is 0.411. The fourth-order valence-electron chi connectivity index (χ4n) is 3.97. The van der Waals surface area contributed by atoms with E-state index in [-0.39, 0.29) is 0 Å². The van der Waals surface area contributed by atoms with Crippen LogP contribution >= 0.6 is 7.26 Å². The van der Waals surface area contributed by atoms with Gasteiger partial charge in [-0.15, -0.1) is 0 Å². The van der Waals surface area contributed by atoms with E-state index in [1.54, 1.807) is 0 Å². The molecule has 0 aliphatic heterocycles. The predicted molar refractivity (Wildman–Crippen MR) is 125 cm³/mol. The molecule has 0 unspecified atom stereocenters. The van der Waals surface area contributed by atoms with Gasteiger partial charge in [-0.25, -0.2) is 0 Å². The first-order valence-electron chi connectivity index (χ1n) is 9.82. The van der Waals surface area contributed by atoms with Crippen LogP contribution in [0.3, 0.4) is 0 Å². The third kappa shape index (κ3) is 4.00. The summed E-state index contributed by atoms with van der Waals surface area (Å²) in [5.41, 5.74) is 2.36. The van der Waals surface area contributed by atoms with E-state index in [1.165, 1.54) is 21.5 Å². The maximum absolute atomic E-state index is 9.13. The summed E-state index contributed by atoms with van der Waals surface area (Å²) in [4.78, 5) is 0. The second kappa shape index (κ2) is 8.87. The Kier molecular flexibility index (Phi) is 5.85. The highest BCUT2D eigenvalue weighted by Gasteiger charge is 2.45. The van der Waals surface area contributed by atoms with Gasteiger partial charge in [0, 0.05) is 0 Å². The number of hydrogen-bond acceptors (Lipinski definition) is 1. The molecule has 1 nitrogen and oxygen atoms in total. The molecular formula is C27H23NP+. The summed E-state index contributed by atoms with van der Waals surface area (Å²) in [7, 11) is -1.90. The molecule has 140 valence electrons. The third-order valence-electron chi connectivity index (χ3n) is 5.29. The zero-order valence-electron chi connectivity index (χ0n) is 16.3. The molecule has 0 saturated carbocycles. The molecule has 0 N–H and O–H groups in total. The van der Waals surface area contributed by atoms with Crippen LogP contribution in [-0.2, 0) is 12.6 Å². The van der Waals surface area contributed by atoms with Crippen molar-refractivity contribution in [2.75, 3.05) is 0 Å². The second-order valence-corrected chi connectivity index (χ2v) is 10.6. The van der Waals surface area contributed by atoms with Crippen LogP contribution in [0.1, 0.15) is 11.1 Å². The Balaban J connectivity index is 1.96. The number of rotatable bonds is 6. The van der Waals surface area contributed by atoms with Crippen molar-refractivity contribution in [1.82, 2.24) is 0 Å². The molecule has 0 spiro atoms. The van der Waals surface area contributed by atoms with Crippen LogP contribution in [0.5, 0.6) is 0 Å². The number of nitrogens with zero attached hydrogens (tertiary/aromatic N) is 1. The fraction of sp³-hybridized carbons (Fsp3) is 0.0741. The first-order valence-corrected chi connectivity index (χ1v) is 11.8. The molecule has 2 heteroatoms. The van der Waals surface area contributed by atoms with E-state index in [9.17, 15) is 0 Å². The topological polar surface area (TPSA) is 23.8 Å². The summed E-state index contributed by atoms with van der Waals surface area (Å²) < 4.78 is 0. The van der Waals surface area contributed by atoms with Gasteiger partial charge in [-0.1, -0.05) is 78.9 Å². The second-order valence-electron chi connectivity index (χ2n) is 7.13. The predicted octanol–water partition coefficient (Wildman–Crippen LogP) is 5.25. The number of nitriles is 1. The highest BCUT2D eigenvalue weighted by molar-refractivity contribution is 7.95. The van der Waals surface area contributed by atoms with Gasteiger partial charge in [-0.05, 0) is 47.5 Å². The van der Waals surface area contributed by atoms with Crippen molar-refractivity contribution in [3.63, 3.8) is 0 Å².